The number of nitrogens with zero attached hydrogens (tertiary/aromatic N) is 4. The lowest BCUT2D eigenvalue weighted by molar-refractivity contribution is 0.000956. The van der Waals surface area contributed by atoms with Gasteiger partial charge in [-0.15, -0.1) is 0 Å². The number of carbonyl (C=O) groups excluding carboxylic acids is 1. The van der Waals surface area contributed by atoms with Crippen molar-refractivity contribution in [3.63, 3.8) is 0 Å². The summed E-state index contributed by atoms with van der Waals surface area (Å²) in [6.45, 7) is 2.58. The van der Waals surface area contributed by atoms with E-state index >= 15 is 0 Å². The Hall–Kier alpha value is -4.41. The lowest BCUT2D eigenvalue weighted by atomic mass is 9.78. The van der Waals surface area contributed by atoms with Gasteiger partial charge in [-0.25, -0.2) is 4.98 Å². The summed E-state index contributed by atoms with van der Waals surface area (Å²) >= 11 is 0. The molecule has 5 aromatic rings. The van der Waals surface area contributed by atoms with E-state index in [1.165, 1.54) is 0 Å². The average Bonchev–Trinajstić information content (AvgIpc) is 3.57. The predicted octanol–water partition coefficient (Wildman–Crippen LogP) is 5.07. The van der Waals surface area contributed by atoms with E-state index in [1.807, 2.05) is 74.2 Å². The van der Waals surface area contributed by atoms with Crippen LogP contribution in [0.15, 0.2) is 54.9 Å². The van der Waals surface area contributed by atoms with Crippen LogP contribution >= 0.6 is 0 Å². The number of amides is 1. The summed E-state index contributed by atoms with van der Waals surface area (Å²) in [5.74, 6) is 2.19. The largest absolute Gasteiger partial charge is 0.496 e. The average molecular weight is 583 g/mol. The molecule has 0 aliphatic heterocycles. The SMILES string of the molecule is CNCC1(O)CCC(c2nc(-c3ccc(NC(=O)c4cc5c(OC)cccc5n4C)c(OC)c3)c3c(C)nccn23)CC1. The van der Waals surface area contributed by atoms with Gasteiger partial charge in [0.1, 0.15) is 23.0 Å². The van der Waals surface area contributed by atoms with Gasteiger partial charge in [-0.3, -0.25) is 14.2 Å². The van der Waals surface area contributed by atoms with E-state index in [0.717, 1.165) is 64.9 Å². The molecule has 0 unspecified atom stereocenters. The van der Waals surface area contributed by atoms with Crippen LogP contribution in [0.2, 0.25) is 0 Å². The molecule has 43 heavy (non-hydrogen) atoms. The van der Waals surface area contributed by atoms with Gasteiger partial charge in [0, 0.05) is 42.9 Å². The van der Waals surface area contributed by atoms with E-state index in [0.29, 0.717) is 29.4 Å². The third-order valence-electron chi connectivity index (χ3n) is 8.77. The number of aryl methyl sites for hydroxylation is 2. The van der Waals surface area contributed by atoms with Crippen molar-refractivity contribution in [3.8, 4) is 22.8 Å². The Morgan fingerprint density at radius 2 is 1.88 bits per heavy atom. The molecule has 1 amide bonds. The van der Waals surface area contributed by atoms with Gasteiger partial charge in [0.15, 0.2) is 0 Å². The maximum absolute atomic E-state index is 13.4. The van der Waals surface area contributed by atoms with Crippen molar-refractivity contribution in [1.29, 1.82) is 0 Å². The molecule has 10 nitrogen and oxygen atoms in total. The summed E-state index contributed by atoms with van der Waals surface area (Å²) in [6.07, 6.45) is 6.92. The third-order valence-corrected chi connectivity index (χ3v) is 8.77. The Morgan fingerprint density at radius 3 is 2.60 bits per heavy atom. The molecule has 0 saturated heterocycles. The van der Waals surface area contributed by atoms with Crippen LogP contribution < -0.4 is 20.1 Å². The van der Waals surface area contributed by atoms with Crippen LogP contribution in [0.1, 0.15) is 53.6 Å². The predicted molar refractivity (Wildman–Crippen MR) is 167 cm³/mol. The number of aliphatic hydroxyl groups is 1. The van der Waals surface area contributed by atoms with Crippen molar-refractivity contribution in [2.45, 2.75) is 44.1 Å². The molecule has 1 aliphatic rings. The van der Waals surface area contributed by atoms with Crippen LogP contribution in [0.25, 0.3) is 27.7 Å². The van der Waals surface area contributed by atoms with E-state index in [1.54, 1.807) is 20.4 Å². The van der Waals surface area contributed by atoms with Crippen molar-refractivity contribution in [2.75, 3.05) is 33.1 Å². The lowest BCUT2D eigenvalue weighted by Gasteiger charge is -2.35. The molecule has 0 atom stereocenters. The normalized spacial score (nSPS) is 18.7. The second-order valence-electron chi connectivity index (χ2n) is 11.4. The maximum atomic E-state index is 13.4. The third kappa shape index (κ3) is 5.10. The standard InChI is InChI=1S/C33H38N6O4/c1-20-30-29(37-31(39(30)16-15-35-20)21-11-13-33(41,14-12-21)19-34-2)22-9-10-24(28(17-22)43-5)36-32(40)26-18-23-25(38(26)3)7-6-8-27(23)42-4/h6-10,15-18,21,34,41H,11-14,19H2,1-5H3,(H,36,40). The van der Waals surface area contributed by atoms with Crippen LogP contribution in [0.3, 0.4) is 0 Å². The number of carbonyl (C=O) groups is 1. The number of hydrogen-bond acceptors (Lipinski definition) is 7. The second-order valence-corrected chi connectivity index (χ2v) is 11.4. The van der Waals surface area contributed by atoms with Gasteiger partial charge in [-0.1, -0.05) is 12.1 Å². The van der Waals surface area contributed by atoms with E-state index in [9.17, 15) is 9.90 Å². The fourth-order valence-electron chi connectivity index (χ4n) is 6.49. The first-order valence-electron chi connectivity index (χ1n) is 14.6. The van der Waals surface area contributed by atoms with Gasteiger partial charge in [0.05, 0.1) is 47.9 Å². The van der Waals surface area contributed by atoms with Crippen LogP contribution in [-0.4, -0.2) is 63.4 Å². The number of methoxy groups -OCH3 is 2. The zero-order valence-corrected chi connectivity index (χ0v) is 25.3. The molecule has 0 radical (unpaired) electrons. The lowest BCUT2D eigenvalue weighted by Crippen LogP contribution is -2.42. The molecule has 3 N–H and O–H groups in total. The Balaban J connectivity index is 1.32. The Morgan fingerprint density at radius 1 is 1.12 bits per heavy atom. The highest BCUT2D eigenvalue weighted by atomic mass is 16.5. The second kappa shape index (κ2) is 11.3. The molecule has 224 valence electrons. The highest BCUT2D eigenvalue weighted by Gasteiger charge is 2.35. The van der Waals surface area contributed by atoms with Crippen LogP contribution in [-0.2, 0) is 7.05 Å². The van der Waals surface area contributed by atoms with Crippen LogP contribution in [0.5, 0.6) is 11.5 Å². The van der Waals surface area contributed by atoms with Gasteiger partial charge in [0.25, 0.3) is 5.91 Å². The highest BCUT2D eigenvalue weighted by Crippen LogP contribution is 2.40. The number of aromatic nitrogens is 4. The van der Waals surface area contributed by atoms with E-state index < -0.39 is 5.60 Å². The Kier molecular flexibility index (Phi) is 7.57. The van der Waals surface area contributed by atoms with Crippen LogP contribution in [0, 0.1) is 6.92 Å². The number of fused-ring (bicyclic) bond motifs is 2. The zero-order valence-electron chi connectivity index (χ0n) is 25.3. The molecule has 2 aromatic carbocycles. The Labute approximate surface area is 250 Å². The van der Waals surface area contributed by atoms with Crippen LogP contribution in [0.4, 0.5) is 5.69 Å². The molecule has 1 aliphatic carbocycles. The van der Waals surface area contributed by atoms with Gasteiger partial charge >= 0.3 is 0 Å². The van der Waals surface area contributed by atoms with Crippen molar-refractivity contribution in [3.05, 3.63) is 72.1 Å². The minimum atomic E-state index is -0.676. The van der Waals surface area contributed by atoms with Crippen molar-refractivity contribution >= 4 is 28.0 Å². The molecule has 3 aromatic heterocycles. The molecule has 6 rings (SSSR count). The number of hydrogen-bond donors (Lipinski definition) is 3. The van der Waals surface area contributed by atoms with E-state index in [-0.39, 0.29) is 11.8 Å². The number of anilines is 1. The van der Waals surface area contributed by atoms with Crippen molar-refractivity contribution in [1.82, 2.24) is 24.3 Å². The number of ether oxygens (including phenoxy) is 2. The zero-order chi connectivity index (χ0) is 30.3. The van der Waals surface area contributed by atoms with Crippen molar-refractivity contribution in [2.24, 2.45) is 7.05 Å². The van der Waals surface area contributed by atoms with Gasteiger partial charge in [0.2, 0.25) is 0 Å². The highest BCUT2D eigenvalue weighted by molar-refractivity contribution is 6.08. The topological polar surface area (TPSA) is 115 Å². The van der Waals surface area contributed by atoms with E-state index in [4.69, 9.17) is 14.5 Å². The monoisotopic (exact) mass is 582 g/mol. The molecule has 3 heterocycles. The van der Waals surface area contributed by atoms with Gasteiger partial charge in [-0.05, 0) is 70.0 Å². The van der Waals surface area contributed by atoms with Gasteiger partial charge in [-0.2, -0.15) is 0 Å². The molecular formula is C33H38N6O4. The Bertz CT molecular complexity index is 1820. The minimum Gasteiger partial charge on any atom is -0.496 e. The number of likely N-dealkylation sites (N-methyl/N-ethyl adjacent to an activating group) is 1. The minimum absolute atomic E-state index is 0.222. The molecule has 1 fully saturated rings. The summed E-state index contributed by atoms with van der Waals surface area (Å²) in [4.78, 5) is 23.2. The quantitative estimate of drug-likeness (QED) is 0.234. The molecule has 0 spiro atoms. The number of benzene rings is 2. The summed E-state index contributed by atoms with van der Waals surface area (Å²) < 4.78 is 15.2. The molecule has 1 saturated carbocycles. The summed E-state index contributed by atoms with van der Waals surface area (Å²) in [5, 5.41) is 17.9. The van der Waals surface area contributed by atoms with Gasteiger partial charge < -0.3 is 29.8 Å². The van der Waals surface area contributed by atoms with Crippen molar-refractivity contribution < 1.29 is 19.4 Å². The van der Waals surface area contributed by atoms with E-state index in [2.05, 4.69) is 20.0 Å². The number of imidazole rings is 1. The fourth-order valence-corrected chi connectivity index (χ4v) is 6.49. The molecule has 10 heteroatoms. The maximum Gasteiger partial charge on any atom is 0.272 e. The first-order chi connectivity index (χ1) is 20.8. The summed E-state index contributed by atoms with van der Waals surface area (Å²) in [7, 11) is 6.95. The molecular weight excluding hydrogens is 544 g/mol. The smallest absolute Gasteiger partial charge is 0.272 e. The number of rotatable bonds is 8. The number of nitrogens with one attached hydrogen (secondary N) is 2. The summed E-state index contributed by atoms with van der Waals surface area (Å²) in [6, 6.07) is 13.3. The fraction of sp³-hybridized carbons (Fsp3) is 0.364. The summed E-state index contributed by atoms with van der Waals surface area (Å²) in [5.41, 5.74) is 4.79. The molecule has 0 bridgehead atoms. The first kappa shape index (κ1) is 28.7. The first-order valence-corrected chi connectivity index (χ1v) is 14.6.